The van der Waals surface area contributed by atoms with E-state index in [1.54, 1.807) is 6.07 Å². The Morgan fingerprint density at radius 3 is 2.26 bits per heavy atom. The predicted octanol–water partition coefficient (Wildman–Crippen LogP) is 2.37. The lowest BCUT2D eigenvalue weighted by molar-refractivity contribution is 0.582. The molecule has 0 aliphatic carbocycles. The first-order valence-corrected chi connectivity index (χ1v) is 10.5. The summed E-state index contributed by atoms with van der Waals surface area (Å²) in [6, 6.07) is 3.09. The molecule has 19 heavy (non-hydrogen) atoms. The van der Waals surface area contributed by atoms with Crippen molar-refractivity contribution in [3.05, 3.63) is 26.6 Å². The summed E-state index contributed by atoms with van der Waals surface area (Å²) < 4.78 is 48.7. The average Bonchev–Trinajstić information content (AvgIpc) is 2.20. The Bertz CT molecular complexity index is 688. The molecular weight excluding hydrogens is 445 g/mol. The first kappa shape index (κ1) is 17.4. The van der Waals surface area contributed by atoms with Gasteiger partial charge in [0.2, 0.25) is 19.1 Å². The highest BCUT2D eigenvalue weighted by Crippen LogP contribution is 2.28. The van der Waals surface area contributed by atoms with Crippen LogP contribution in [0.4, 0.5) is 0 Å². The second kappa shape index (κ2) is 6.40. The Morgan fingerprint density at radius 2 is 1.74 bits per heavy atom. The normalized spacial score (nSPS) is 12.6. The van der Waals surface area contributed by atoms with Crippen LogP contribution in [0.15, 0.2) is 26.0 Å². The van der Waals surface area contributed by atoms with Gasteiger partial charge in [0.1, 0.15) is 0 Å². The third-order valence-corrected chi connectivity index (χ3v) is 6.57. The van der Waals surface area contributed by atoms with Gasteiger partial charge in [-0.2, -0.15) is 0 Å². The fourth-order valence-electron chi connectivity index (χ4n) is 1.21. The Balaban J connectivity index is 2.98. The number of halogens is 3. The van der Waals surface area contributed by atoms with E-state index in [9.17, 15) is 16.8 Å². The van der Waals surface area contributed by atoms with Crippen molar-refractivity contribution in [2.75, 3.05) is 12.3 Å². The summed E-state index contributed by atoms with van der Waals surface area (Å²) in [5, 5.41) is 0. The van der Waals surface area contributed by atoms with Gasteiger partial charge in [-0.3, -0.25) is 0 Å². The topological polar surface area (TPSA) is 80.3 Å². The lowest BCUT2D eigenvalue weighted by atomic mass is 10.2. The lowest BCUT2D eigenvalue weighted by Gasteiger charge is -2.09. The SMILES string of the molecule is Cc1cc(Br)c(S(=O)(=O)NCCS(=O)(=O)Cl)cc1Br. The zero-order valence-corrected chi connectivity index (χ0v) is 15.2. The van der Waals surface area contributed by atoms with Crippen molar-refractivity contribution in [3.63, 3.8) is 0 Å². The highest BCUT2D eigenvalue weighted by Gasteiger charge is 2.19. The molecule has 0 atom stereocenters. The van der Waals surface area contributed by atoms with E-state index in [0.29, 0.717) is 8.95 Å². The molecule has 108 valence electrons. The number of rotatable bonds is 5. The van der Waals surface area contributed by atoms with Crippen molar-refractivity contribution in [1.29, 1.82) is 0 Å². The standard InChI is InChI=1S/C9H10Br2ClNO4S2/c1-6-4-8(11)9(5-7(6)10)19(16,17)13-2-3-18(12,14)15/h4-5,13H,2-3H2,1H3. The van der Waals surface area contributed by atoms with Crippen LogP contribution in [-0.2, 0) is 19.1 Å². The molecule has 0 aliphatic rings. The summed E-state index contributed by atoms with van der Waals surface area (Å²) in [7, 11) is -2.53. The molecule has 0 saturated carbocycles. The van der Waals surface area contributed by atoms with Gasteiger partial charge in [0.25, 0.3) is 0 Å². The lowest BCUT2D eigenvalue weighted by Crippen LogP contribution is -2.28. The van der Waals surface area contributed by atoms with Crippen LogP contribution in [-0.4, -0.2) is 29.1 Å². The molecule has 1 aromatic rings. The quantitative estimate of drug-likeness (QED) is 0.692. The molecule has 1 rings (SSSR count). The van der Waals surface area contributed by atoms with Crippen molar-refractivity contribution < 1.29 is 16.8 Å². The molecule has 0 amide bonds. The van der Waals surface area contributed by atoms with E-state index >= 15 is 0 Å². The average molecular weight is 456 g/mol. The highest BCUT2D eigenvalue weighted by molar-refractivity contribution is 9.11. The van der Waals surface area contributed by atoms with Crippen LogP contribution in [0.5, 0.6) is 0 Å². The molecule has 10 heteroatoms. The van der Waals surface area contributed by atoms with Gasteiger partial charge in [-0.25, -0.2) is 21.6 Å². The number of hydrogen-bond acceptors (Lipinski definition) is 4. The van der Waals surface area contributed by atoms with E-state index in [4.69, 9.17) is 10.7 Å². The summed E-state index contributed by atoms with van der Waals surface area (Å²) >= 11 is 6.41. The van der Waals surface area contributed by atoms with Gasteiger partial charge < -0.3 is 0 Å². The van der Waals surface area contributed by atoms with Crippen molar-refractivity contribution in [2.45, 2.75) is 11.8 Å². The summed E-state index contributed by atoms with van der Waals surface area (Å²) in [5.74, 6) is -0.474. The van der Waals surface area contributed by atoms with E-state index in [1.165, 1.54) is 6.07 Å². The molecule has 0 saturated heterocycles. The number of aryl methyl sites for hydroxylation is 1. The number of nitrogens with one attached hydrogen (secondary N) is 1. The van der Waals surface area contributed by atoms with Gasteiger partial charge in [0.15, 0.2) is 0 Å². The zero-order valence-electron chi connectivity index (χ0n) is 9.65. The first-order chi connectivity index (χ1) is 8.53. The van der Waals surface area contributed by atoms with Crippen molar-refractivity contribution in [2.24, 2.45) is 0 Å². The summed E-state index contributed by atoms with van der Waals surface area (Å²) in [6.45, 7) is 1.53. The number of benzene rings is 1. The van der Waals surface area contributed by atoms with Gasteiger partial charge in [-0.15, -0.1) is 0 Å². The van der Waals surface area contributed by atoms with Crippen molar-refractivity contribution in [3.8, 4) is 0 Å². The summed E-state index contributed by atoms with van der Waals surface area (Å²) in [4.78, 5) is 0.0249. The monoisotopic (exact) mass is 453 g/mol. The first-order valence-electron chi connectivity index (χ1n) is 4.90. The fourth-order valence-corrected chi connectivity index (χ4v) is 4.62. The van der Waals surface area contributed by atoms with E-state index in [0.717, 1.165) is 5.56 Å². The minimum Gasteiger partial charge on any atom is -0.212 e. The molecule has 0 aromatic heterocycles. The Hall–Kier alpha value is 0.330. The number of hydrogen-bond donors (Lipinski definition) is 1. The van der Waals surface area contributed by atoms with E-state index in [2.05, 4.69) is 36.6 Å². The van der Waals surface area contributed by atoms with Crippen molar-refractivity contribution >= 4 is 61.6 Å². The minimum atomic E-state index is -3.80. The Morgan fingerprint density at radius 1 is 1.16 bits per heavy atom. The van der Waals surface area contributed by atoms with Crippen LogP contribution in [0.2, 0.25) is 0 Å². The van der Waals surface area contributed by atoms with Gasteiger partial charge in [-0.1, -0.05) is 15.9 Å². The van der Waals surface area contributed by atoms with Crippen LogP contribution >= 0.6 is 42.5 Å². The van der Waals surface area contributed by atoms with Crippen LogP contribution in [0.3, 0.4) is 0 Å². The van der Waals surface area contributed by atoms with Crippen LogP contribution in [0.25, 0.3) is 0 Å². The van der Waals surface area contributed by atoms with E-state index < -0.39 is 24.8 Å². The number of sulfonamides is 1. The molecule has 0 radical (unpaired) electrons. The van der Waals surface area contributed by atoms with Crippen LogP contribution < -0.4 is 4.72 Å². The molecule has 0 heterocycles. The molecule has 0 bridgehead atoms. The predicted molar refractivity (Wildman–Crippen MR) is 81.4 cm³/mol. The Labute approximate surface area is 133 Å². The zero-order chi connectivity index (χ0) is 14.8. The largest absolute Gasteiger partial charge is 0.241 e. The maximum atomic E-state index is 12.0. The fraction of sp³-hybridized carbons (Fsp3) is 0.333. The highest BCUT2D eigenvalue weighted by atomic mass is 79.9. The minimum absolute atomic E-state index is 0.0249. The second-order valence-corrected chi connectivity index (χ2v) is 10.0. The molecule has 1 N–H and O–H groups in total. The molecule has 0 spiro atoms. The molecule has 5 nitrogen and oxygen atoms in total. The second-order valence-electron chi connectivity index (χ2n) is 3.67. The van der Waals surface area contributed by atoms with Crippen molar-refractivity contribution in [1.82, 2.24) is 4.72 Å². The van der Waals surface area contributed by atoms with E-state index in [1.807, 2.05) is 6.92 Å². The molecule has 0 unspecified atom stereocenters. The summed E-state index contributed by atoms with van der Waals surface area (Å²) in [6.07, 6.45) is 0. The molecule has 0 fully saturated rings. The Kier molecular flexibility index (Phi) is 5.85. The molecule has 0 aliphatic heterocycles. The third kappa shape index (κ3) is 5.31. The van der Waals surface area contributed by atoms with Crippen LogP contribution in [0.1, 0.15) is 5.56 Å². The maximum Gasteiger partial charge on any atom is 0.241 e. The van der Waals surface area contributed by atoms with Gasteiger partial charge in [-0.05, 0) is 40.5 Å². The van der Waals surface area contributed by atoms with Gasteiger partial charge in [0.05, 0.1) is 10.6 Å². The van der Waals surface area contributed by atoms with Gasteiger partial charge >= 0.3 is 0 Å². The maximum absolute atomic E-state index is 12.0. The third-order valence-electron chi connectivity index (χ3n) is 2.14. The summed E-state index contributed by atoms with van der Waals surface area (Å²) in [5.41, 5.74) is 0.870. The smallest absolute Gasteiger partial charge is 0.212 e. The van der Waals surface area contributed by atoms with Crippen LogP contribution in [0, 0.1) is 6.92 Å². The molecular formula is C9H10Br2ClNO4S2. The molecule has 1 aromatic carbocycles. The van der Waals surface area contributed by atoms with E-state index in [-0.39, 0.29) is 11.4 Å². The van der Waals surface area contributed by atoms with Gasteiger partial charge in [0, 0.05) is 26.2 Å².